The minimum absolute atomic E-state index is 0.259. The van der Waals surface area contributed by atoms with Crippen LogP contribution in [0.4, 0.5) is 0 Å². The van der Waals surface area contributed by atoms with Crippen molar-refractivity contribution in [3.63, 3.8) is 0 Å². The molecule has 19 heavy (non-hydrogen) atoms. The van der Waals surface area contributed by atoms with E-state index in [1.54, 1.807) is 0 Å². The maximum Gasteiger partial charge on any atom is 0.0383 e. The van der Waals surface area contributed by atoms with Crippen LogP contribution in [-0.2, 0) is 0 Å². The van der Waals surface area contributed by atoms with E-state index in [-0.39, 0.29) is 5.54 Å². The monoisotopic (exact) mass is 267 g/mol. The maximum atomic E-state index is 6.26. The molecule has 2 N–H and O–H groups in total. The highest BCUT2D eigenvalue weighted by atomic mass is 15.3. The Kier molecular flexibility index (Phi) is 4.59. The van der Waals surface area contributed by atoms with Crippen LogP contribution in [-0.4, -0.2) is 54.1 Å². The average Bonchev–Trinajstić information content (AvgIpc) is 2.96. The second-order valence-electron chi connectivity index (χ2n) is 7.08. The van der Waals surface area contributed by atoms with Crippen LogP contribution in [0, 0.1) is 5.41 Å². The van der Waals surface area contributed by atoms with Crippen molar-refractivity contribution in [3.8, 4) is 0 Å². The van der Waals surface area contributed by atoms with Crippen LogP contribution in [0.15, 0.2) is 0 Å². The molecule has 2 aliphatic rings. The van der Waals surface area contributed by atoms with Gasteiger partial charge in [0.1, 0.15) is 0 Å². The first-order valence-electron chi connectivity index (χ1n) is 8.20. The fourth-order valence-electron chi connectivity index (χ4n) is 4.66. The molecule has 2 unspecified atom stereocenters. The number of rotatable bonds is 5. The fourth-order valence-corrected chi connectivity index (χ4v) is 4.66. The van der Waals surface area contributed by atoms with Crippen LogP contribution in [0.3, 0.4) is 0 Å². The second-order valence-corrected chi connectivity index (χ2v) is 7.08. The Morgan fingerprint density at radius 1 is 1.21 bits per heavy atom. The summed E-state index contributed by atoms with van der Waals surface area (Å²) in [7, 11) is 0. The smallest absolute Gasteiger partial charge is 0.0383 e. The zero-order valence-electron chi connectivity index (χ0n) is 13.4. The number of nitrogens with zero attached hydrogens (tertiary/aromatic N) is 2. The van der Waals surface area contributed by atoms with Gasteiger partial charge in [-0.3, -0.25) is 9.80 Å². The number of nitrogens with two attached hydrogens (primary N) is 1. The van der Waals surface area contributed by atoms with E-state index in [2.05, 4.69) is 37.5 Å². The number of likely N-dealkylation sites (N-methyl/N-ethyl adjacent to an activating group) is 1. The maximum absolute atomic E-state index is 6.26. The Bertz CT molecular complexity index is 298. The molecular weight excluding hydrogens is 234 g/mol. The van der Waals surface area contributed by atoms with Crippen LogP contribution >= 0.6 is 0 Å². The van der Waals surface area contributed by atoms with Crippen LogP contribution in [0.2, 0.25) is 0 Å². The van der Waals surface area contributed by atoms with E-state index in [0.29, 0.717) is 5.41 Å². The molecule has 0 amide bonds. The largest absolute Gasteiger partial charge is 0.329 e. The molecule has 0 aromatic heterocycles. The van der Waals surface area contributed by atoms with Crippen molar-refractivity contribution in [3.05, 3.63) is 0 Å². The molecule has 2 atom stereocenters. The normalized spacial score (nSPS) is 35.4. The van der Waals surface area contributed by atoms with Crippen LogP contribution in [0.5, 0.6) is 0 Å². The van der Waals surface area contributed by atoms with E-state index in [4.69, 9.17) is 5.73 Å². The van der Waals surface area contributed by atoms with Gasteiger partial charge in [0.15, 0.2) is 0 Å². The highest BCUT2D eigenvalue weighted by Gasteiger charge is 2.53. The Morgan fingerprint density at radius 3 is 2.37 bits per heavy atom. The Labute approximate surface area is 119 Å². The standard InChI is InChI=1S/C16H33N3/c1-5-18(6-2)14-8-11-19(12-14)16(13-17)10-7-9-15(16,3)4/h14H,5-13,17H2,1-4H3. The lowest BCUT2D eigenvalue weighted by molar-refractivity contribution is 0.0256. The molecule has 1 aliphatic carbocycles. The summed E-state index contributed by atoms with van der Waals surface area (Å²) in [6.07, 6.45) is 5.29. The summed E-state index contributed by atoms with van der Waals surface area (Å²) >= 11 is 0. The third kappa shape index (κ3) is 2.45. The fraction of sp³-hybridized carbons (Fsp3) is 1.00. The van der Waals surface area contributed by atoms with Crippen molar-refractivity contribution in [1.82, 2.24) is 9.80 Å². The van der Waals surface area contributed by atoms with Crippen LogP contribution in [0.1, 0.15) is 53.4 Å². The topological polar surface area (TPSA) is 32.5 Å². The van der Waals surface area contributed by atoms with Gasteiger partial charge in [-0.05, 0) is 37.8 Å². The van der Waals surface area contributed by atoms with Gasteiger partial charge < -0.3 is 5.73 Å². The molecule has 3 heteroatoms. The van der Waals surface area contributed by atoms with Gasteiger partial charge in [0.2, 0.25) is 0 Å². The van der Waals surface area contributed by atoms with E-state index in [1.165, 1.54) is 51.9 Å². The van der Waals surface area contributed by atoms with Gasteiger partial charge in [-0.25, -0.2) is 0 Å². The SMILES string of the molecule is CCN(CC)C1CCN(C2(CN)CCCC2(C)C)C1. The summed E-state index contributed by atoms with van der Waals surface area (Å²) in [6, 6.07) is 0.745. The van der Waals surface area contributed by atoms with Gasteiger partial charge in [0, 0.05) is 31.2 Å². The average molecular weight is 267 g/mol. The molecule has 1 saturated carbocycles. The van der Waals surface area contributed by atoms with Crippen molar-refractivity contribution >= 4 is 0 Å². The molecule has 2 fully saturated rings. The van der Waals surface area contributed by atoms with Crippen molar-refractivity contribution in [1.29, 1.82) is 0 Å². The van der Waals surface area contributed by atoms with Crippen LogP contribution in [0.25, 0.3) is 0 Å². The number of hydrogen-bond acceptors (Lipinski definition) is 3. The first-order chi connectivity index (χ1) is 9.00. The highest BCUT2D eigenvalue weighted by Crippen LogP contribution is 2.50. The van der Waals surface area contributed by atoms with E-state index >= 15 is 0 Å². The minimum atomic E-state index is 0.259. The molecular formula is C16H33N3. The van der Waals surface area contributed by atoms with Crippen molar-refractivity contribution in [2.45, 2.75) is 65.0 Å². The Balaban J connectivity index is 2.10. The van der Waals surface area contributed by atoms with Crippen molar-refractivity contribution in [2.75, 3.05) is 32.7 Å². The first-order valence-corrected chi connectivity index (χ1v) is 8.20. The Hall–Kier alpha value is -0.120. The lowest BCUT2D eigenvalue weighted by Crippen LogP contribution is -2.59. The molecule has 0 aromatic rings. The summed E-state index contributed by atoms with van der Waals surface area (Å²) in [5.41, 5.74) is 6.89. The summed E-state index contributed by atoms with van der Waals surface area (Å²) in [4.78, 5) is 5.36. The van der Waals surface area contributed by atoms with E-state index < -0.39 is 0 Å². The van der Waals surface area contributed by atoms with Gasteiger partial charge in [0.25, 0.3) is 0 Å². The van der Waals surface area contributed by atoms with Gasteiger partial charge in [-0.15, -0.1) is 0 Å². The van der Waals surface area contributed by atoms with Gasteiger partial charge in [-0.1, -0.05) is 34.1 Å². The first kappa shape index (κ1) is 15.3. The van der Waals surface area contributed by atoms with Gasteiger partial charge in [-0.2, -0.15) is 0 Å². The van der Waals surface area contributed by atoms with Crippen molar-refractivity contribution < 1.29 is 0 Å². The second kappa shape index (κ2) is 5.71. The molecule has 1 heterocycles. The lowest BCUT2D eigenvalue weighted by atomic mass is 9.73. The van der Waals surface area contributed by atoms with E-state index in [0.717, 1.165) is 12.6 Å². The molecule has 3 nitrogen and oxygen atoms in total. The Morgan fingerprint density at radius 2 is 1.89 bits per heavy atom. The predicted octanol–water partition coefficient (Wildman–Crippen LogP) is 2.31. The van der Waals surface area contributed by atoms with Crippen LogP contribution < -0.4 is 5.73 Å². The molecule has 2 rings (SSSR count). The molecule has 0 radical (unpaired) electrons. The molecule has 0 aromatic carbocycles. The highest BCUT2D eigenvalue weighted by molar-refractivity contribution is 5.09. The summed E-state index contributed by atoms with van der Waals surface area (Å²) in [5, 5.41) is 0. The molecule has 112 valence electrons. The predicted molar refractivity (Wildman–Crippen MR) is 82.3 cm³/mol. The summed E-state index contributed by atoms with van der Waals surface area (Å²) in [5.74, 6) is 0. The zero-order chi connectivity index (χ0) is 14.1. The molecule has 0 spiro atoms. The third-order valence-corrected chi connectivity index (χ3v) is 6.09. The van der Waals surface area contributed by atoms with Gasteiger partial charge >= 0.3 is 0 Å². The molecule has 1 aliphatic heterocycles. The third-order valence-electron chi connectivity index (χ3n) is 6.09. The molecule has 1 saturated heterocycles. The molecule has 0 bridgehead atoms. The van der Waals surface area contributed by atoms with Crippen molar-refractivity contribution in [2.24, 2.45) is 11.1 Å². The van der Waals surface area contributed by atoms with E-state index in [1.807, 2.05) is 0 Å². The summed E-state index contributed by atoms with van der Waals surface area (Å²) in [6.45, 7) is 15.1. The van der Waals surface area contributed by atoms with Gasteiger partial charge in [0.05, 0.1) is 0 Å². The zero-order valence-corrected chi connectivity index (χ0v) is 13.4. The summed E-state index contributed by atoms with van der Waals surface area (Å²) < 4.78 is 0. The lowest BCUT2D eigenvalue weighted by Gasteiger charge is -2.48. The number of hydrogen-bond donors (Lipinski definition) is 1. The quantitative estimate of drug-likeness (QED) is 0.829. The number of likely N-dealkylation sites (tertiary alicyclic amines) is 1. The van der Waals surface area contributed by atoms with E-state index in [9.17, 15) is 0 Å². The minimum Gasteiger partial charge on any atom is -0.329 e.